The first-order valence-electron chi connectivity index (χ1n) is 11.6. The van der Waals surface area contributed by atoms with Crippen LogP contribution in [0.2, 0.25) is 0 Å². The van der Waals surface area contributed by atoms with Crippen LogP contribution in [0.5, 0.6) is 0 Å². The Bertz CT molecular complexity index is 1070. The summed E-state index contributed by atoms with van der Waals surface area (Å²) in [6.45, 7) is 3.97. The molecule has 1 N–H and O–H groups in total. The maximum absolute atomic E-state index is 5.78. The van der Waals surface area contributed by atoms with Crippen molar-refractivity contribution in [1.82, 2.24) is 15.0 Å². The molecule has 0 aromatic carbocycles. The number of hydrogen-bond donors (Lipinski definition) is 1. The maximum Gasteiger partial charge on any atom is 0.147 e. The number of ether oxygens (including phenoxy) is 1. The highest BCUT2D eigenvalue weighted by Crippen LogP contribution is 2.43. The van der Waals surface area contributed by atoms with E-state index in [-0.39, 0.29) is 0 Å². The van der Waals surface area contributed by atoms with Crippen LogP contribution in [0.4, 0.5) is 11.6 Å². The molecule has 5 heterocycles. The van der Waals surface area contributed by atoms with Gasteiger partial charge in [0.25, 0.3) is 0 Å². The Morgan fingerprint density at radius 2 is 1.90 bits per heavy atom. The Balaban J connectivity index is 1.46. The van der Waals surface area contributed by atoms with Gasteiger partial charge >= 0.3 is 0 Å². The van der Waals surface area contributed by atoms with Gasteiger partial charge in [0.1, 0.15) is 22.8 Å². The molecule has 30 heavy (non-hydrogen) atoms. The predicted octanol–water partition coefficient (Wildman–Crippen LogP) is 4.70. The highest BCUT2D eigenvalue weighted by Gasteiger charge is 2.26. The summed E-state index contributed by atoms with van der Waals surface area (Å²) in [7, 11) is 0. The van der Waals surface area contributed by atoms with Crippen molar-refractivity contribution in [1.29, 1.82) is 0 Å². The second-order valence-electron chi connectivity index (χ2n) is 8.85. The molecule has 7 heteroatoms. The fourth-order valence-electron chi connectivity index (χ4n) is 5.35. The first-order valence-corrected chi connectivity index (χ1v) is 12.4. The van der Waals surface area contributed by atoms with Gasteiger partial charge in [-0.3, -0.25) is 0 Å². The number of aryl methyl sites for hydroxylation is 1. The van der Waals surface area contributed by atoms with E-state index in [1.54, 1.807) is 17.7 Å². The lowest BCUT2D eigenvalue weighted by molar-refractivity contribution is 0.120. The molecule has 1 atom stereocenters. The van der Waals surface area contributed by atoms with Crippen LogP contribution in [0.1, 0.15) is 56.1 Å². The van der Waals surface area contributed by atoms with Gasteiger partial charge in [0.2, 0.25) is 0 Å². The zero-order valence-electron chi connectivity index (χ0n) is 17.5. The van der Waals surface area contributed by atoms with Gasteiger partial charge < -0.3 is 15.0 Å². The number of thiophene rings is 1. The van der Waals surface area contributed by atoms with E-state index in [4.69, 9.17) is 14.7 Å². The Hall–Kier alpha value is -1.99. The van der Waals surface area contributed by atoms with E-state index in [2.05, 4.69) is 15.2 Å². The van der Waals surface area contributed by atoms with Crippen LogP contribution in [0.25, 0.3) is 20.4 Å². The quantitative estimate of drug-likeness (QED) is 0.656. The van der Waals surface area contributed by atoms with Gasteiger partial charge in [0.05, 0.1) is 16.3 Å². The van der Waals surface area contributed by atoms with Crippen LogP contribution in [0.15, 0.2) is 6.33 Å². The van der Waals surface area contributed by atoms with Crippen molar-refractivity contribution >= 4 is 43.4 Å². The molecule has 3 aliphatic rings. The number of pyridine rings is 1. The van der Waals surface area contributed by atoms with Gasteiger partial charge in [-0.15, -0.1) is 11.3 Å². The largest absolute Gasteiger partial charge is 0.376 e. The Morgan fingerprint density at radius 1 is 1.03 bits per heavy atom. The molecule has 0 unspecified atom stereocenters. The fourth-order valence-corrected chi connectivity index (χ4v) is 6.47. The van der Waals surface area contributed by atoms with Gasteiger partial charge in [-0.05, 0) is 68.9 Å². The van der Waals surface area contributed by atoms with Gasteiger partial charge in [-0.25, -0.2) is 15.0 Å². The molecule has 0 amide bonds. The first kappa shape index (κ1) is 18.8. The van der Waals surface area contributed by atoms with Crippen LogP contribution in [-0.2, 0) is 17.6 Å². The summed E-state index contributed by atoms with van der Waals surface area (Å²) in [6, 6.07) is 0. The molecule has 6 rings (SSSR count). The molecule has 0 saturated carbocycles. The molecule has 2 aliphatic heterocycles. The summed E-state index contributed by atoms with van der Waals surface area (Å²) in [6.07, 6.45) is 13.0. The highest BCUT2D eigenvalue weighted by molar-refractivity contribution is 7.26. The van der Waals surface area contributed by atoms with Crippen molar-refractivity contribution < 1.29 is 4.74 Å². The van der Waals surface area contributed by atoms with Crippen LogP contribution in [0.3, 0.4) is 0 Å². The summed E-state index contributed by atoms with van der Waals surface area (Å²) in [4.78, 5) is 18.2. The molecule has 2 saturated heterocycles. The lowest BCUT2D eigenvalue weighted by Gasteiger charge is -2.31. The second-order valence-corrected chi connectivity index (χ2v) is 9.84. The third-order valence-electron chi connectivity index (χ3n) is 6.88. The maximum atomic E-state index is 5.78. The number of hydrogen-bond acceptors (Lipinski definition) is 7. The molecular formula is C23H29N5OS. The number of piperidine rings is 1. The second kappa shape index (κ2) is 7.93. The van der Waals surface area contributed by atoms with Crippen LogP contribution < -0.4 is 10.2 Å². The van der Waals surface area contributed by atoms with E-state index in [0.29, 0.717) is 6.10 Å². The SMILES string of the molecule is c1nc(NC[C@@H]2CCCO2)c2sc3nc(N4CCCCC4)c4c(c3c2n1)CCCC4. The molecule has 6 nitrogen and oxygen atoms in total. The Kier molecular flexibility index (Phi) is 4.96. The van der Waals surface area contributed by atoms with Crippen molar-refractivity contribution in [2.75, 3.05) is 36.5 Å². The predicted molar refractivity (Wildman–Crippen MR) is 123 cm³/mol. The number of fused-ring (bicyclic) bond motifs is 5. The summed E-state index contributed by atoms with van der Waals surface area (Å²) < 4.78 is 6.92. The van der Waals surface area contributed by atoms with Crippen molar-refractivity contribution in [3.63, 3.8) is 0 Å². The van der Waals surface area contributed by atoms with Crippen molar-refractivity contribution in [3.05, 3.63) is 17.5 Å². The molecule has 0 radical (unpaired) electrons. The third kappa shape index (κ3) is 3.23. The van der Waals surface area contributed by atoms with E-state index in [0.717, 1.165) is 72.8 Å². The summed E-state index contributed by atoms with van der Waals surface area (Å²) in [5.74, 6) is 2.19. The summed E-state index contributed by atoms with van der Waals surface area (Å²) in [5, 5.41) is 4.83. The molecule has 0 bridgehead atoms. The van der Waals surface area contributed by atoms with Crippen molar-refractivity contribution in [3.8, 4) is 0 Å². The van der Waals surface area contributed by atoms with E-state index in [9.17, 15) is 0 Å². The number of rotatable bonds is 4. The molecule has 1 aliphatic carbocycles. The Morgan fingerprint density at radius 3 is 2.73 bits per heavy atom. The average Bonchev–Trinajstić information content (AvgIpc) is 3.45. The smallest absolute Gasteiger partial charge is 0.147 e. The number of nitrogens with one attached hydrogen (secondary N) is 1. The molecular weight excluding hydrogens is 394 g/mol. The topological polar surface area (TPSA) is 63.2 Å². The average molecular weight is 424 g/mol. The lowest BCUT2D eigenvalue weighted by Crippen LogP contribution is -2.31. The monoisotopic (exact) mass is 423 g/mol. The van der Waals surface area contributed by atoms with Crippen LogP contribution >= 0.6 is 11.3 Å². The van der Waals surface area contributed by atoms with Gasteiger partial charge in [0.15, 0.2) is 0 Å². The molecule has 0 spiro atoms. The highest BCUT2D eigenvalue weighted by atomic mass is 32.1. The van der Waals surface area contributed by atoms with E-state index < -0.39 is 0 Å². The molecule has 3 aromatic heterocycles. The van der Waals surface area contributed by atoms with Crippen molar-refractivity contribution in [2.24, 2.45) is 0 Å². The molecule has 2 fully saturated rings. The van der Waals surface area contributed by atoms with E-state index in [1.807, 2.05) is 0 Å². The van der Waals surface area contributed by atoms with Gasteiger partial charge in [-0.1, -0.05) is 0 Å². The van der Waals surface area contributed by atoms with E-state index >= 15 is 0 Å². The number of aromatic nitrogens is 3. The summed E-state index contributed by atoms with van der Waals surface area (Å²) >= 11 is 1.76. The number of nitrogens with zero attached hydrogens (tertiary/aromatic N) is 4. The molecule has 3 aromatic rings. The van der Waals surface area contributed by atoms with Crippen LogP contribution in [-0.4, -0.2) is 47.3 Å². The van der Waals surface area contributed by atoms with Gasteiger partial charge in [-0.2, -0.15) is 0 Å². The minimum absolute atomic E-state index is 0.293. The van der Waals surface area contributed by atoms with Crippen LogP contribution in [0, 0.1) is 0 Å². The van der Waals surface area contributed by atoms with Gasteiger partial charge in [0, 0.05) is 31.6 Å². The minimum Gasteiger partial charge on any atom is -0.376 e. The van der Waals surface area contributed by atoms with E-state index in [1.165, 1.54) is 54.4 Å². The third-order valence-corrected chi connectivity index (χ3v) is 7.96. The minimum atomic E-state index is 0.293. The Labute approximate surface area is 181 Å². The standard InChI is InChI=1S/C23H29N5OS/c1-4-10-28(11-5-1)22-17-9-3-2-8-16(17)18-19-20(30-23(18)27-22)21(26-14-25-19)24-13-15-7-6-12-29-15/h14-15H,1-13H2,(H,24,25,26)/t15-/m0/s1. The first-order chi connectivity index (χ1) is 14.9. The number of anilines is 2. The summed E-state index contributed by atoms with van der Waals surface area (Å²) in [5.41, 5.74) is 4.07. The lowest BCUT2D eigenvalue weighted by atomic mass is 9.89. The molecule has 158 valence electrons. The zero-order chi connectivity index (χ0) is 19.9. The zero-order valence-corrected chi connectivity index (χ0v) is 18.3. The van der Waals surface area contributed by atoms with Crippen molar-refractivity contribution in [2.45, 2.75) is 63.9 Å². The fraction of sp³-hybridized carbons (Fsp3) is 0.609. The normalized spacial score (nSPS) is 22.0.